The van der Waals surface area contributed by atoms with Gasteiger partial charge in [0.25, 0.3) is 5.91 Å². The molecule has 0 atom stereocenters. The molecule has 2 aromatic heterocycles. The van der Waals surface area contributed by atoms with Crippen LogP contribution in [0.4, 0.5) is 5.82 Å². The Morgan fingerprint density at radius 2 is 2.24 bits per heavy atom. The van der Waals surface area contributed by atoms with Crippen molar-refractivity contribution < 1.29 is 4.79 Å². The topological polar surface area (TPSA) is 99.9 Å². The van der Waals surface area contributed by atoms with Crippen LogP contribution in [0.1, 0.15) is 41.4 Å². The van der Waals surface area contributed by atoms with E-state index in [2.05, 4.69) is 20.6 Å². The number of aromatic nitrogens is 3. The number of aromatic amines is 1. The molecule has 0 spiro atoms. The summed E-state index contributed by atoms with van der Waals surface area (Å²) in [6, 6.07) is 3.46. The Morgan fingerprint density at radius 1 is 1.48 bits per heavy atom. The Bertz CT molecular complexity index is 608. The van der Waals surface area contributed by atoms with E-state index < -0.39 is 0 Å². The highest BCUT2D eigenvalue weighted by atomic mass is 16.2. The van der Waals surface area contributed by atoms with Crippen molar-refractivity contribution in [2.24, 2.45) is 5.84 Å². The fourth-order valence-electron chi connectivity index (χ4n) is 1.98. The van der Waals surface area contributed by atoms with Gasteiger partial charge in [-0.1, -0.05) is 13.8 Å². The van der Waals surface area contributed by atoms with Crippen molar-refractivity contribution in [1.82, 2.24) is 20.1 Å². The maximum Gasteiger partial charge on any atom is 0.254 e. The molecule has 2 aromatic rings. The van der Waals surface area contributed by atoms with Gasteiger partial charge in [-0.15, -0.1) is 0 Å². The van der Waals surface area contributed by atoms with E-state index in [-0.39, 0.29) is 11.8 Å². The maximum absolute atomic E-state index is 12.5. The number of hydrogen-bond acceptors (Lipinski definition) is 5. The van der Waals surface area contributed by atoms with Gasteiger partial charge in [-0.3, -0.25) is 9.89 Å². The standard InChI is InChI=1S/C14H20N6O/c1-9(2)12-4-11(5-13(18-12)19-15)14(21)20(3)8-10-6-16-17-7-10/h4-7,9H,8,15H2,1-3H3,(H,16,17)(H,18,19). The molecule has 4 N–H and O–H groups in total. The zero-order chi connectivity index (χ0) is 15.4. The molecule has 0 saturated heterocycles. The number of amides is 1. The lowest BCUT2D eigenvalue weighted by atomic mass is 10.1. The van der Waals surface area contributed by atoms with Crippen molar-refractivity contribution in [3.8, 4) is 0 Å². The molecule has 7 nitrogen and oxygen atoms in total. The van der Waals surface area contributed by atoms with Gasteiger partial charge in [0.1, 0.15) is 5.82 Å². The van der Waals surface area contributed by atoms with E-state index in [0.29, 0.717) is 17.9 Å². The molecule has 7 heteroatoms. The van der Waals surface area contributed by atoms with E-state index in [9.17, 15) is 4.79 Å². The summed E-state index contributed by atoms with van der Waals surface area (Å²) in [4.78, 5) is 18.5. The first kappa shape index (κ1) is 15.0. The Hall–Kier alpha value is -2.41. The monoisotopic (exact) mass is 288 g/mol. The van der Waals surface area contributed by atoms with Gasteiger partial charge in [0, 0.05) is 36.6 Å². The van der Waals surface area contributed by atoms with Gasteiger partial charge in [0.15, 0.2) is 0 Å². The lowest BCUT2D eigenvalue weighted by Crippen LogP contribution is -2.26. The van der Waals surface area contributed by atoms with Crippen LogP contribution >= 0.6 is 0 Å². The van der Waals surface area contributed by atoms with Crippen molar-refractivity contribution in [2.75, 3.05) is 12.5 Å². The Labute approximate surface area is 123 Å². The van der Waals surface area contributed by atoms with Crippen molar-refractivity contribution in [2.45, 2.75) is 26.3 Å². The van der Waals surface area contributed by atoms with Crippen LogP contribution in [0, 0.1) is 0 Å². The van der Waals surface area contributed by atoms with Crippen LogP contribution in [0.2, 0.25) is 0 Å². The highest BCUT2D eigenvalue weighted by molar-refractivity contribution is 5.94. The minimum Gasteiger partial charge on any atom is -0.337 e. The second-order valence-corrected chi connectivity index (χ2v) is 5.23. The quantitative estimate of drug-likeness (QED) is 0.571. The summed E-state index contributed by atoms with van der Waals surface area (Å²) in [7, 11) is 1.75. The number of nitrogens with one attached hydrogen (secondary N) is 2. The van der Waals surface area contributed by atoms with Gasteiger partial charge in [-0.25, -0.2) is 10.8 Å². The highest BCUT2D eigenvalue weighted by Crippen LogP contribution is 2.18. The van der Waals surface area contributed by atoms with E-state index >= 15 is 0 Å². The SMILES string of the molecule is CC(C)c1cc(C(=O)N(C)Cc2cn[nH]c2)cc(NN)n1. The van der Waals surface area contributed by atoms with E-state index in [0.717, 1.165) is 11.3 Å². The maximum atomic E-state index is 12.5. The summed E-state index contributed by atoms with van der Waals surface area (Å²) in [6.45, 7) is 4.53. The van der Waals surface area contributed by atoms with Crippen molar-refractivity contribution in [1.29, 1.82) is 0 Å². The lowest BCUT2D eigenvalue weighted by molar-refractivity contribution is 0.0785. The molecule has 0 aliphatic rings. The summed E-state index contributed by atoms with van der Waals surface area (Å²) in [5, 5.41) is 6.60. The average Bonchev–Trinajstić information content (AvgIpc) is 2.98. The van der Waals surface area contributed by atoms with Gasteiger partial charge in [-0.05, 0) is 18.1 Å². The number of nitrogen functional groups attached to an aromatic ring is 1. The Kier molecular flexibility index (Phi) is 4.54. The molecule has 0 aliphatic heterocycles. The fraction of sp³-hybridized carbons (Fsp3) is 0.357. The fourth-order valence-corrected chi connectivity index (χ4v) is 1.98. The van der Waals surface area contributed by atoms with Gasteiger partial charge < -0.3 is 10.3 Å². The normalized spacial score (nSPS) is 10.7. The third-order valence-corrected chi connectivity index (χ3v) is 3.15. The largest absolute Gasteiger partial charge is 0.337 e. The zero-order valence-electron chi connectivity index (χ0n) is 12.4. The number of rotatable bonds is 5. The van der Waals surface area contributed by atoms with Crippen LogP contribution < -0.4 is 11.3 Å². The van der Waals surface area contributed by atoms with Gasteiger partial charge in [-0.2, -0.15) is 5.10 Å². The van der Waals surface area contributed by atoms with Crippen molar-refractivity contribution >= 4 is 11.7 Å². The number of pyridine rings is 1. The molecule has 0 fully saturated rings. The van der Waals surface area contributed by atoms with Gasteiger partial charge in [0.05, 0.1) is 6.20 Å². The Balaban J connectivity index is 2.23. The molecule has 21 heavy (non-hydrogen) atoms. The lowest BCUT2D eigenvalue weighted by Gasteiger charge is -2.18. The highest BCUT2D eigenvalue weighted by Gasteiger charge is 2.16. The summed E-state index contributed by atoms with van der Waals surface area (Å²) < 4.78 is 0. The number of nitrogens with zero attached hydrogens (tertiary/aromatic N) is 3. The second kappa shape index (κ2) is 6.36. The average molecular weight is 288 g/mol. The summed E-state index contributed by atoms with van der Waals surface area (Å²) in [5.74, 6) is 6.04. The molecular formula is C14H20N6O. The number of nitrogens with two attached hydrogens (primary N) is 1. The van der Waals surface area contributed by atoms with E-state index in [1.54, 1.807) is 36.5 Å². The van der Waals surface area contributed by atoms with Gasteiger partial charge >= 0.3 is 0 Å². The minimum atomic E-state index is -0.0861. The number of hydrogen-bond donors (Lipinski definition) is 3. The molecule has 112 valence electrons. The third kappa shape index (κ3) is 3.57. The van der Waals surface area contributed by atoms with Crippen LogP contribution in [-0.4, -0.2) is 33.0 Å². The number of H-pyrrole nitrogens is 1. The van der Waals surface area contributed by atoms with Crippen molar-refractivity contribution in [3.05, 3.63) is 41.3 Å². The summed E-state index contributed by atoms with van der Waals surface area (Å²) in [6.07, 6.45) is 3.46. The molecule has 0 bridgehead atoms. The molecule has 0 unspecified atom stereocenters. The molecule has 2 rings (SSSR count). The molecule has 1 amide bonds. The van der Waals surface area contributed by atoms with E-state index in [4.69, 9.17) is 5.84 Å². The van der Waals surface area contributed by atoms with Crippen LogP contribution in [0.3, 0.4) is 0 Å². The number of carbonyl (C=O) groups excluding carboxylic acids is 1. The number of hydrazine groups is 1. The van der Waals surface area contributed by atoms with Crippen molar-refractivity contribution in [3.63, 3.8) is 0 Å². The molecule has 0 aliphatic carbocycles. The van der Waals surface area contributed by atoms with E-state index in [1.807, 2.05) is 13.8 Å². The second-order valence-electron chi connectivity index (χ2n) is 5.23. The number of carbonyl (C=O) groups is 1. The molecule has 0 radical (unpaired) electrons. The first-order chi connectivity index (χ1) is 10.0. The predicted molar refractivity (Wildman–Crippen MR) is 80.5 cm³/mol. The van der Waals surface area contributed by atoms with Gasteiger partial charge in [0.2, 0.25) is 0 Å². The number of anilines is 1. The molecular weight excluding hydrogens is 268 g/mol. The first-order valence-electron chi connectivity index (χ1n) is 6.73. The molecule has 0 aromatic carbocycles. The first-order valence-corrected chi connectivity index (χ1v) is 6.73. The summed E-state index contributed by atoms with van der Waals surface area (Å²) >= 11 is 0. The summed E-state index contributed by atoms with van der Waals surface area (Å²) in [5.41, 5.74) is 4.84. The third-order valence-electron chi connectivity index (χ3n) is 3.15. The molecule has 2 heterocycles. The smallest absolute Gasteiger partial charge is 0.254 e. The van der Waals surface area contributed by atoms with Crippen LogP contribution in [0.5, 0.6) is 0 Å². The minimum absolute atomic E-state index is 0.0861. The van der Waals surface area contributed by atoms with E-state index in [1.165, 1.54) is 0 Å². The predicted octanol–water partition coefficient (Wildman–Crippen LogP) is 1.49. The van der Waals surface area contributed by atoms with Crippen LogP contribution in [0.15, 0.2) is 24.5 Å². The Morgan fingerprint density at radius 3 is 2.81 bits per heavy atom. The van der Waals surface area contributed by atoms with Crippen LogP contribution in [0.25, 0.3) is 0 Å². The van der Waals surface area contributed by atoms with Crippen LogP contribution in [-0.2, 0) is 6.54 Å². The molecule has 0 saturated carbocycles. The zero-order valence-corrected chi connectivity index (χ0v) is 12.4.